The molecule has 9 heteroatoms. The van der Waals surface area contributed by atoms with E-state index in [-0.39, 0.29) is 10.8 Å². The largest absolute Gasteiger partial charge is 0.497 e. The number of sulfonamides is 1. The minimum atomic E-state index is -3.50. The number of nitrogens with one attached hydrogen (secondary N) is 1. The van der Waals surface area contributed by atoms with Crippen LogP contribution >= 0.6 is 11.3 Å². The zero-order valence-corrected chi connectivity index (χ0v) is 20.7. The second-order valence-electron chi connectivity index (χ2n) is 7.13. The van der Waals surface area contributed by atoms with Crippen LogP contribution < -0.4 is 10.1 Å². The van der Waals surface area contributed by atoms with E-state index >= 15 is 0 Å². The Morgan fingerprint density at radius 3 is 2.30 bits per heavy atom. The number of anilines is 1. The van der Waals surface area contributed by atoms with Crippen molar-refractivity contribution in [3.8, 4) is 17.0 Å². The summed E-state index contributed by atoms with van der Waals surface area (Å²) >= 11 is 1.40. The van der Waals surface area contributed by atoms with Gasteiger partial charge in [0.15, 0.2) is 5.13 Å². The number of aromatic nitrogens is 1. The average molecular weight is 486 g/mol. The molecule has 0 aliphatic carbocycles. The number of aryl methyl sites for hydroxylation is 1. The molecule has 174 valence electrons. The van der Waals surface area contributed by atoms with Crippen LogP contribution in [0.15, 0.2) is 59.5 Å². The maximum atomic E-state index is 12.6. The first-order valence-electron chi connectivity index (χ1n) is 10.5. The lowest BCUT2D eigenvalue weighted by Crippen LogP contribution is -2.30. The molecule has 3 rings (SSSR count). The van der Waals surface area contributed by atoms with E-state index in [4.69, 9.17) is 4.74 Å². The summed E-state index contributed by atoms with van der Waals surface area (Å²) in [5, 5.41) is 3.29. The van der Waals surface area contributed by atoms with Gasteiger partial charge in [-0.3, -0.25) is 10.1 Å². The van der Waals surface area contributed by atoms with Crippen molar-refractivity contribution in [1.29, 1.82) is 0 Å². The molecule has 33 heavy (non-hydrogen) atoms. The SMILES string of the molecule is CCN(CC)S(=O)(=O)c1ccc(/C=C/C(=O)Nc2nc(-c3ccc(OC)cc3)c(C)s2)cc1. The molecule has 1 amide bonds. The smallest absolute Gasteiger partial charge is 0.250 e. The van der Waals surface area contributed by atoms with E-state index in [1.54, 1.807) is 51.3 Å². The van der Waals surface area contributed by atoms with E-state index in [1.165, 1.54) is 21.7 Å². The second kappa shape index (κ2) is 10.7. The molecule has 0 radical (unpaired) electrons. The number of hydrogen-bond donors (Lipinski definition) is 1. The van der Waals surface area contributed by atoms with Gasteiger partial charge in [-0.1, -0.05) is 26.0 Å². The van der Waals surface area contributed by atoms with Gasteiger partial charge in [0, 0.05) is 29.6 Å². The molecule has 0 saturated heterocycles. The fourth-order valence-electron chi connectivity index (χ4n) is 3.25. The van der Waals surface area contributed by atoms with Crippen LogP contribution in [0.1, 0.15) is 24.3 Å². The third kappa shape index (κ3) is 5.87. The molecule has 1 N–H and O–H groups in total. The molecular formula is C24H27N3O4S2. The van der Waals surface area contributed by atoms with Crippen molar-refractivity contribution < 1.29 is 17.9 Å². The van der Waals surface area contributed by atoms with Crippen LogP contribution in [0.5, 0.6) is 5.75 Å². The number of carbonyl (C=O) groups is 1. The Labute approximate surface area is 198 Å². The minimum absolute atomic E-state index is 0.233. The van der Waals surface area contributed by atoms with Crippen molar-refractivity contribution in [2.45, 2.75) is 25.7 Å². The van der Waals surface area contributed by atoms with Crippen LogP contribution in [-0.2, 0) is 14.8 Å². The van der Waals surface area contributed by atoms with Crippen molar-refractivity contribution >= 4 is 38.5 Å². The quantitative estimate of drug-likeness (QED) is 0.440. The highest BCUT2D eigenvalue weighted by Gasteiger charge is 2.21. The van der Waals surface area contributed by atoms with Gasteiger partial charge in [-0.05, 0) is 55.0 Å². The molecule has 0 saturated carbocycles. The molecule has 0 atom stereocenters. The Kier molecular flexibility index (Phi) is 8.01. The fraction of sp³-hybridized carbons (Fsp3) is 0.250. The highest BCUT2D eigenvalue weighted by atomic mass is 32.2. The zero-order valence-electron chi connectivity index (χ0n) is 19.0. The van der Waals surface area contributed by atoms with Crippen LogP contribution in [0.4, 0.5) is 5.13 Å². The van der Waals surface area contributed by atoms with Gasteiger partial charge in [0.2, 0.25) is 15.9 Å². The number of benzene rings is 2. The molecule has 0 aliphatic rings. The molecule has 3 aromatic rings. The van der Waals surface area contributed by atoms with Gasteiger partial charge >= 0.3 is 0 Å². The first-order chi connectivity index (χ1) is 15.8. The summed E-state index contributed by atoms with van der Waals surface area (Å²) in [5.74, 6) is 0.453. The van der Waals surface area contributed by atoms with Gasteiger partial charge in [-0.25, -0.2) is 13.4 Å². The molecule has 0 fully saturated rings. The predicted molar refractivity (Wildman–Crippen MR) is 133 cm³/mol. The second-order valence-corrected chi connectivity index (χ2v) is 10.3. The lowest BCUT2D eigenvalue weighted by Gasteiger charge is -2.18. The van der Waals surface area contributed by atoms with E-state index in [0.717, 1.165) is 27.4 Å². The first kappa shape index (κ1) is 24.6. The normalized spacial score (nSPS) is 11.8. The molecule has 1 aromatic heterocycles. The summed E-state index contributed by atoms with van der Waals surface area (Å²) in [6, 6.07) is 14.0. The number of hydrogen-bond acceptors (Lipinski definition) is 6. The van der Waals surface area contributed by atoms with Crippen LogP contribution in [-0.4, -0.2) is 43.8 Å². The van der Waals surface area contributed by atoms with Crippen molar-refractivity contribution in [1.82, 2.24) is 9.29 Å². The summed E-state index contributed by atoms with van der Waals surface area (Å²) in [7, 11) is -1.88. The van der Waals surface area contributed by atoms with E-state index in [0.29, 0.717) is 18.2 Å². The van der Waals surface area contributed by atoms with Crippen LogP contribution in [0.2, 0.25) is 0 Å². The predicted octanol–water partition coefficient (Wildman–Crippen LogP) is 4.81. The third-order valence-corrected chi connectivity index (χ3v) is 7.99. The maximum absolute atomic E-state index is 12.6. The molecule has 1 heterocycles. The van der Waals surface area contributed by atoms with E-state index in [9.17, 15) is 13.2 Å². The zero-order chi connectivity index (χ0) is 24.0. The van der Waals surface area contributed by atoms with Crippen molar-refractivity contribution in [2.24, 2.45) is 0 Å². The average Bonchev–Trinajstić information content (AvgIpc) is 3.18. The first-order valence-corrected chi connectivity index (χ1v) is 12.7. The van der Waals surface area contributed by atoms with Crippen LogP contribution in [0.25, 0.3) is 17.3 Å². The van der Waals surface area contributed by atoms with Gasteiger partial charge in [0.25, 0.3) is 0 Å². The van der Waals surface area contributed by atoms with E-state index < -0.39 is 10.0 Å². The number of methoxy groups -OCH3 is 1. The minimum Gasteiger partial charge on any atom is -0.497 e. The fourth-order valence-corrected chi connectivity index (χ4v) is 5.55. The van der Waals surface area contributed by atoms with E-state index in [1.807, 2.05) is 31.2 Å². The molecule has 0 unspecified atom stereocenters. The van der Waals surface area contributed by atoms with Gasteiger partial charge in [-0.2, -0.15) is 4.31 Å². The number of rotatable bonds is 9. The monoisotopic (exact) mass is 485 g/mol. The number of thiazole rings is 1. The van der Waals surface area contributed by atoms with Crippen molar-refractivity contribution in [3.63, 3.8) is 0 Å². The van der Waals surface area contributed by atoms with Crippen LogP contribution in [0, 0.1) is 6.92 Å². The van der Waals surface area contributed by atoms with Gasteiger partial charge in [0.05, 0.1) is 17.7 Å². The third-order valence-electron chi connectivity index (χ3n) is 5.04. The number of nitrogens with zero attached hydrogens (tertiary/aromatic N) is 2. The lowest BCUT2D eigenvalue weighted by molar-refractivity contribution is -0.111. The molecular weight excluding hydrogens is 458 g/mol. The van der Waals surface area contributed by atoms with Crippen molar-refractivity contribution in [2.75, 3.05) is 25.5 Å². The van der Waals surface area contributed by atoms with Gasteiger partial charge in [0.1, 0.15) is 5.75 Å². The standard InChI is InChI=1S/C24H27N3O4S2/c1-5-27(6-2)33(29,30)21-14-7-18(8-15-21)9-16-22(28)25-24-26-23(17(3)32-24)19-10-12-20(31-4)13-11-19/h7-16H,5-6H2,1-4H3,(H,25,26,28)/b16-9+. The molecule has 0 spiro atoms. The molecule has 0 aliphatic heterocycles. The molecule has 0 bridgehead atoms. The number of ether oxygens (including phenoxy) is 1. The lowest BCUT2D eigenvalue weighted by atomic mass is 10.1. The highest BCUT2D eigenvalue weighted by molar-refractivity contribution is 7.89. The summed E-state index contributed by atoms with van der Waals surface area (Å²) in [6.07, 6.45) is 3.03. The summed E-state index contributed by atoms with van der Waals surface area (Å²) in [5.41, 5.74) is 2.48. The Hall–Kier alpha value is -3.01. The Bertz CT molecular complexity index is 1230. The Balaban J connectivity index is 1.67. The summed E-state index contributed by atoms with van der Waals surface area (Å²) in [6.45, 7) is 6.39. The van der Waals surface area contributed by atoms with Crippen LogP contribution in [0.3, 0.4) is 0 Å². The van der Waals surface area contributed by atoms with Crippen molar-refractivity contribution in [3.05, 3.63) is 65.0 Å². The number of carbonyl (C=O) groups excluding carboxylic acids is 1. The molecule has 2 aromatic carbocycles. The summed E-state index contributed by atoms with van der Waals surface area (Å²) < 4.78 is 31.7. The topological polar surface area (TPSA) is 88.6 Å². The summed E-state index contributed by atoms with van der Waals surface area (Å²) in [4.78, 5) is 18.1. The van der Waals surface area contributed by atoms with Gasteiger partial charge < -0.3 is 4.74 Å². The van der Waals surface area contributed by atoms with Gasteiger partial charge in [-0.15, -0.1) is 11.3 Å². The number of amides is 1. The van der Waals surface area contributed by atoms with E-state index in [2.05, 4.69) is 10.3 Å². The Morgan fingerprint density at radius 2 is 1.73 bits per heavy atom. The molecule has 7 nitrogen and oxygen atoms in total. The highest BCUT2D eigenvalue weighted by Crippen LogP contribution is 2.31. The Morgan fingerprint density at radius 1 is 1.09 bits per heavy atom. The maximum Gasteiger partial charge on any atom is 0.250 e.